The monoisotopic (exact) mass is 322 g/mol. The van der Waals surface area contributed by atoms with E-state index in [9.17, 15) is 9.18 Å². The summed E-state index contributed by atoms with van der Waals surface area (Å²) in [4.78, 5) is 12.1. The molecule has 1 amide bonds. The van der Waals surface area contributed by atoms with E-state index in [4.69, 9.17) is 5.73 Å². The van der Waals surface area contributed by atoms with Crippen LogP contribution in [0.1, 0.15) is 15.9 Å². The van der Waals surface area contributed by atoms with Crippen molar-refractivity contribution < 1.29 is 9.18 Å². The predicted molar refractivity (Wildman–Crippen MR) is 77.6 cm³/mol. The fourth-order valence-corrected chi connectivity index (χ4v) is 2.11. The maximum Gasteiger partial charge on any atom is 0.256 e. The number of nitrogens with two attached hydrogens (primary N) is 1. The summed E-state index contributed by atoms with van der Waals surface area (Å²) < 4.78 is 14.3. The van der Waals surface area contributed by atoms with E-state index < -0.39 is 11.7 Å². The largest absolute Gasteiger partial charge is 0.399 e. The Bertz CT molecular complexity index is 623. The van der Waals surface area contributed by atoms with Gasteiger partial charge < -0.3 is 11.1 Å². The number of rotatable bonds is 2. The number of halogens is 2. The van der Waals surface area contributed by atoms with Gasteiger partial charge in [-0.2, -0.15) is 0 Å². The van der Waals surface area contributed by atoms with E-state index >= 15 is 0 Å². The molecule has 0 aromatic heterocycles. The summed E-state index contributed by atoms with van der Waals surface area (Å²) in [6.07, 6.45) is 0. The lowest BCUT2D eigenvalue weighted by molar-refractivity contribution is 0.102. The summed E-state index contributed by atoms with van der Waals surface area (Å²) >= 11 is 3.27. The van der Waals surface area contributed by atoms with Crippen molar-refractivity contribution in [3.63, 3.8) is 0 Å². The zero-order valence-corrected chi connectivity index (χ0v) is 11.8. The topological polar surface area (TPSA) is 55.1 Å². The van der Waals surface area contributed by atoms with Crippen molar-refractivity contribution in [1.29, 1.82) is 0 Å². The molecule has 0 spiro atoms. The molecule has 0 heterocycles. The van der Waals surface area contributed by atoms with Gasteiger partial charge in [0.1, 0.15) is 5.82 Å². The number of nitrogens with one attached hydrogen (secondary N) is 1. The van der Waals surface area contributed by atoms with Crippen molar-refractivity contribution in [2.24, 2.45) is 0 Å². The maximum atomic E-state index is 13.7. The highest BCUT2D eigenvalue weighted by Gasteiger charge is 2.14. The zero-order valence-electron chi connectivity index (χ0n) is 10.2. The maximum absolute atomic E-state index is 13.7. The molecular weight excluding hydrogens is 311 g/mol. The van der Waals surface area contributed by atoms with Crippen LogP contribution in [0.25, 0.3) is 0 Å². The molecule has 0 saturated carbocycles. The van der Waals surface area contributed by atoms with Crippen LogP contribution in [0.3, 0.4) is 0 Å². The lowest BCUT2D eigenvalue weighted by Crippen LogP contribution is -2.15. The SMILES string of the molecule is Cc1cccc(F)c1NC(=O)c1cc(N)ccc1Br. The molecule has 0 aliphatic rings. The van der Waals surface area contributed by atoms with Crippen LogP contribution in [0.5, 0.6) is 0 Å². The van der Waals surface area contributed by atoms with Crippen LogP contribution >= 0.6 is 15.9 Å². The van der Waals surface area contributed by atoms with Crippen LogP contribution in [-0.4, -0.2) is 5.91 Å². The summed E-state index contributed by atoms with van der Waals surface area (Å²) in [7, 11) is 0. The highest BCUT2D eigenvalue weighted by atomic mass is 79.9. The molecule has 2 rings (SSSR count). The van der Waals surface area contributed by atoms with E-state index in [0.717, 1.165) is 0 Å². The second-order valence-corrected chi connectivity index (χ2v) is 4.98. The zero-order chi connectivity index (χ0) is 14.0. The molecule has 0 aliphatic heterocycles. The van der Waals surface area contributed by atoms with Crippen LogP contribution < -0.4 is 11.1 Å². The van der Waals surface area contributed by atoms with Gasteiger partial charge in [-0.15, -0.1) is 0 Å². The Morgan fingerprint density at radius 3 is 2.74 bits per heavy atom. The van der Waals surface area contributed by atoms with E-state index in [2.05, 4.69) is 21.2 Å². The van der Waals surface area contributed by atoms with Gasteiger partial charge in [0.25, 0.3) is 5.91 Å². The number of para-hydroxylation sites is 1. The van der Waals surface area contributed by atoms with Gasteiger partial charge in [0.05, 0.1) is 11.3 Å². The molecule has 0 fully saturated rings. The van der Waals surface area contributed by atoms with Crippen LogP contribution in [0.2, 0.25) is 0 Å². The van der Waals surface area contributed by atoms with Gasteiger partial charge in [-0.1, -0.05) is 12.1 Å². The molecule has 0 saturated heterocycles. The van der Waals surface area contributed by atoms with E-state index in [1.54, 1.807) is 31.2 Å². The number of carbonyl (C=O) groups excluding carboxylic acids is 1. The van der Waals surface area contributed by atoms with Gasteiger partial charge in [-0.3, -0.25) is 4.79 Å². The number of amides is 1. The molecule has 19 heavy (non-hydrogen) atoms. The van der Waals surface area contributed by atoms with Crippen LogP contribution in [0.4, 0.5) is 15.8 Å². The Morgan fingerprint density at radius 2 is 2.05 bits per heavy atom. The van der Waals surface area contributed by atoms with Crippen molar-refractivity contribution in [2.75, 3.05) is 11.1 Å². The van der Waals surface area contributed by atoms with E-state index in [-0.39, 0.29) is 5.69 Å². The van der Waals surface area contributed by atoms with Crippen molar-refractivity contribution in [3.8, 4) is 0 Å². The molecule has 5 heteroatoms. The molecule has 0 aliphatic carbocycles. The highest BCUT2D eigenvalue weighted by Crippen LogP contribution is 2.23. The fourth-order valence-electron chi connectivity index (χ4n) is 1.69. The number of carbonyl (C=O) groups is 1. The molecule has 2 aromatic carbocycles. The standard InChI is InChI=1S/C14H12BrFN2O/c1-8-3-2-4-12(16)13(8)18-14(19)10-7-9(17)5-6-11(10)15/h2-7H,17H2,1H3,(H,18,19). The normalized spacial score (nSPS) is 10.3. The quantitative estimate of drug-likeness (QED) is 0.828. The molecule has 0 atom stereocenters. The van der Waals surface area contributed by atoms with Gasteiger partial charge >= 0.3 is 0 Å². The summed E-state index contributed by atoms with van der Waals surface area (Å²) in [5.41, 5.74) is 7.32. The molecule has 0 radical (unpaired) electrons. The summed E-state index contributed by atoms with van der Waals surface area (Å²) in [5.74, 6) is -0.874. The van der Waals surface area contributed by atoms with Crippen molar-refractivity contribution >= 4 is 33.2 Å². The van der Waals surface area contributed by atoms with Crippen LogP contribution in [0.15, 0.2) is 40.9 Å². The number of aryl methyl sites for hydroxylation is 1. The van der Waals surface area contributed by atoms with Gasteiger partial charge in [-0.05, 0) is 52.7 Å². The van der Waals surface area contributed by atoms with Crippen LogP contribution in [0, 0.1) is 12.7 Å². The van der Waals surface area contributed by atoms with Crippen molar-refractivity contribution in [2.45, 2.75) is 6.92 Å². The Kier molecular flexibility index (Phi) is 3.85. The smallest absolute Gasteiger partial charge is 0.256 e. The third-order valence-electron chi connectivity index (χ3n) is 2.70. The number of benzene rings is 2. The minimum atomic E-state index is -0.464. The summed E-state index contributed by atoms with van der Waals surface area (Å²) in [6.45, 7) is 1.73. The van der Waals surface area contributed by atoms with Gasteiger partial charge in [0, 0.05) is 10.2 Å². The van der Waals surface area contributed by atoms with E-state index in [1.165, 1.54) is 12.1 Å². The molecule has 0 unspecified atom stereocenters. The first kappa shape index (κ1) is 13.5. The summed E-state index contributed by atoms with van der Waals surface area (Å²) in [5, 5.41) is 2.56. The first-order valence-corrected chi connectivity index (χ1v) is 6.40. The predicted octanol–water partition coefficient (Wildman–Crippen LogP) is 3.73. The molecule has 3 nitrogen and oxygen atoms in total. The number of hydrogen-bond donors (Lipinski definition) is 2. The minimum Gasteiger partial charge on any atom is -0.399 e. The lowest BCUT2D eigenvalue weighted by atomic mass is 10.1. The van der Waals surface area contributed by atoms with Gasteiger partial charge in [0.15, 0.2) is 0 Å². The third kappa shape index (κ3) is 2.93. The molecule has 3 N–H and O–H groups in total. The first-order chi connectivity index (χ1) is 8.99. The number of hydrogen-bond acceptors (Lipinski definition) is 2. The molecule has 98 valence electrons. The minimum absolute atomic E-state index is 0.182. The Hall–Kier alpha value is -1.88. The Labute approximate surface area is 118 Å². The van der Waals surface area contributed by atoms with Crippen molar-refractivity contribution in [1.82, 2.24) is 0 Å². The lowest BCUT2D eigenvalue weighted by Gasteiger charge is -2.10. The summed E-state index contributed by atoms with van der Waals surface area (Å²) in [6, 6.07) is 9.52. The second-order valence-electron chi connectivity index (χ2n) is 4.13. The molecular formula is C14H12BrFN2O. The Morgan fingerprint density at radius 1 is 1.32 bits per heavy atom. The van der Waals surface area contributed by atoms with E-state index in [0.29, 0.717) is 21.3 Å². The second kappa shape index (κ2) is 5.40. The average molecular weight is 323 g/mol. The first-order valence-electron chi connectivity index (χ1n) is 5.60. The number of nitrogen functional groups attached to an aromatic ring is 1. The Balaban J connectivity index is 2.34. The fraction of sp³-hybridized carbons (Fsp3) is 0.0714. The van der Waals surface area contributed by atoms with Gasteiger partial charge in [0.2, 0.25) is 0 Å². The highest BCUT2D eigenvalue weighted by molar-refractivity contribution is 9.10. The third-order valence-corrected chi connectivity index (χ3v) is 3.39. The number of anilines is 2. The molecule has 0 bridgehead atoms. The van der Waals surface area contributed by atoms with Gasteiger partial charge in [-0.25, -0.2) is 4.39 Å². The molecule has 2 aromatic rings. The van der Waals surface area contributed by atoms with E-state index in [1.807, 2.05) is 0 Å². The average Bonchev–Trinajstić information content (AvgIpc) is 2.37. The van der Waals surface area contributed by atoms with Crippen molar-refractivity contribution in [3.05, 3.63) is 57.8 Å². The van der Waals surface area contributed by atoms with Crippen LogP contribution in [-0.2, 0) is 0 Å².